The van der Waals surface area contributed by atoms with Crippen molar-refractivity contribution < 1.29 is 4.74 Å². The lowest BCUT2D eigenvalue weighted by molar-refractivity contribution is 0.112. The Morgan fingerprint density at radius 2 is 0.667 bits per heavy atom. The number of hydrogen-bond acceptors (Lipinski definition) is 5. The molecule has 0 bridgehead atoms. The third-order valence-corrected chi connectivity index (χ3v) is 29.6. The minimum atomic E-state index is -3.56. The summed E-state index contributed by atoms with van der Waals surface area (Å²) in [6.45, 7) is 1.71. The lowest BCUT2D eigenvalue weighted by Crippen LogP contribution is -2.35. The van der Waals surface area contributed by atoms with E-state index in [0.29, 0.717) is 19.8 Å². The molecule has 0 fully saturated rings. The fraction of sp³-hybridized carbons (Fsp3) is 0.812. The first-order valence-corrected chi connectivity index (χ1v) is 25.9. The number of rotatable bonds is 21. The van der Waals surface area contributed by atoms with Gasteiger partial charge in [0.15, 0.2) is 0 Å². The molecule has 0 aliphatic heterocycles. The number of nitrogens with zero attached hydrogens (tertiary/aromatic N) is 16. The van der Waals surface area contributed by atoms with Crippen molar-refractivity contribution in [3.05, 3.63) is 35.9 Å². The van der Waals surface area contributed by atoms with E-state index in [1.807, 2.05) is 18.2 Å². The van der Waals surface area contributed by atoms with Gasteiger partial charge >= 0.3 is 7.87 Å². The minimum Gasteiger partial charge on any atom is -0.375 e. The molecule has 0 heterocycles. The first kappa shape index (κ1) is 52.1. The van der Waals surface area contributed by atoms with Crippen LogP contribution < -0.4 is 0 Å². The second-order valence-corrected chi connectivity index (χ2v) is 33.0. The van der Waals surface area contributed by atoms with Gasteiger partial charge in [0.05, 0.1) is 13.2 Å². The summed E-state index contributed by atoms with van der Waals surface area (Å²) in [4.78, 5) is 0. The zero-order valence-electron chi connectivity index (χ0n) is 38.3. The monoisotopic (exact) mass is 860 g/mol. The Hall–Kier alpha value is 0.0500. The molecule has 0 N–H and O–H groups in total. The zero-order chi connectivity index (χ0) is 42.2. The van der Waals surface area contributed by atoms with E-state index < -0.39 is 37.9 Å². The molecule has 0 saturated heterocycles. The van der Waals surface area contributed by atoms with Crippen molar-refractivity contribution in [1.29, 1.82) is 0 Å². The third kappa shape index (κ3) is 11.0. The maximum Gasteiger partial charge on any atom is 0.502 e. The van der Waals surface area contributed by atoms with Crippen LogP contribution >= 0.6 is 37.9 Å². The van der Waals surface area contributed by atoms with Crippen LogP contribution in [0.15, 0.2) is 48.4 Å². The molecule has 0 aliphatic carbocycles. The second kappa shape index (κ2) is 21.3. The number of benzene rings is 1. The fourth-order valence-corrected chi connectivity index (χ4v) is 31.2. The summed E-state index contributed by atoms with van der Waals surface area (Å²) in [5.74, 6) is 0. The third-order valence-electron chi connectivity index (χ3n) is 8.99. The molecule has 0 saturated carbocycles. The van der Waals surface area contributed by atoms with Crippen LogP contribution in [-0.4, -0.2) is 231 Å². The van der Waals surface area contributed by atoms with Gasteiger partial charge in [0.1, 0.15) is 0 Å². The van der Waals surface area contributed by atoms with Gasteiger partial charge in [-0.3, -0.25) is 0 Å². The average molecular weight is 860 g/mol. The van der Waals surface area contributed by atoms with Crippen LogP contribution in [0.1, 0.15) is 5.56 Å². The summed E-state index contributed by atoms with van der Waals surface area (Å²) < 4.78 is 58.2. The van der Waals surface area contributed by atoms with E-state index in [-0.39, 0.29) is 0 Å². The molecule has 0 aromatic heterocycles. The van der Waals surface area contributed by atoms with Crippen LogP contribution in [0.4, 0.5) is 0 Å². The Bertz CT molecular complexity index is 1320. The highest BCUT2D eigenvalue weighted by Crippen LogP contribution is 2.86. The number of ether oxygens (including phenoxy) is 1. The molecule has 17 nitrogen and oxygen atoms in total. The van der Waals surface area contributed by atoms with Gasteiger partial charge in [-0.25, -0.2) is 56.0 Å². The summed E-state index contributed by atoms with van der Waals surface area (Å²) >= 11 is 0. The highest BCUT2D eigenvalue weighted by molar-refractivity contribution is 7.88. The molecule has 1 aromatic rings. The van der Waals surface area contributed by atoms with Crippen LogP contribution in [0.5, 0.6) is 0 Å². The number of likely N-dealkylation sites (N-methyl/N-ethyl adjacent to an activating group) is 1. The first-order chi connectivity index (χ1) is 24.7. The van der Waals surface area contributed by atoms with Crippen molar-refractivity contribution in [3.8, 4) is 0 Å². The predicted octanol–water partition coefficient (Wildman–Crippen LogP) is 6.78. The van der Waals surface area contributed by atoms with Crippen molar-refractivity contribution >= 4 is 37.9 Å². The zero-order valence-corrected chi connectivity index (χ0v) is 42.8. The van der Waals surface area contributed by atoms with Gasteiger partial charge in [-0.2, -0.15) is 0 Å². The second-order valence-electron chi connectivity index (χ2n) is 15.3. The van der Waals surface area contributed by atoms with Gasteiger partial charge in [-0.05, 0) is 186 Å². The largest absolute Gasteiger partial charge is 0.502 e. The summed E-state index contributed by atoms with van der Waals surface area (Å²) in [6, 6.07) is 10.3. The van der Waals surface area contributed by atoms with Crippen LogP contribution in [0.25, 0.3) is 0 Å². The standard InChI is InChI=1S/C32H80N16OP5/c1-37(2)51(38(3)4,39(5)6)33-50(34-52(40(7)8,41(9)10)42(11)12,35-53(43(13)14,44(15)16)45(17)18)36-54(46(19)20,47(21)22)48(23)29-30-49-31-32-27-25-24-26-28-32/h24-28H,29-31H2,1-23H3/q+1. The molecule has 54 heavy (non-hydrogen) atoms. The summed E-state index contributed by atoms with van der Waals surface area (Å²) in [5, 5.41) is 0. The van der Waals surface area contributed by atoms with E-state index in [1.54, 1.807) is 0 Å². The van der Waals surface area contributed by atoms with E-state index in [4.69, 9.17) is 22.8 Å². The SMILES string of the molecule is CN(C)P(=N[P+](N=P(N(C)C)(N(C)C)N(C)C)(N=P(N(C)C)(N(C)C)N(C)C)N=P(N(C)C)(N(C)C)N(C)CCOCc1ccccc1)(N(C)C)N(C)C. The lowest BCUT2D eigenvalue weighted by atomic mass is 10.2. The van der Waals surface area contributed by atoms with Crippen LogP contribution in [-0.2, 0) is 11.3 Å². The summed E-state index contributed by atoms with van der Waals surface area (Å²) in [5.41, 5.74) is 1.15. The Kier molecular flexibility index (Phi) is 20.6. The quantitative estimate of drug-likeness (QED) is 0.0962. The van der Waals surface area contributed by atoms with E-state index in [0.717, 1.165) is 5.56 Å². The van der Waals surface area contributed by atoms with Crippen molar-refractivity contribution in [2.24, 2.45) is 18.1 Å². The first-order valence-electron chi connectivity index (χ1n) is 17.9. The molecule has 1 rings (SSSR count). The highest BCUT2D eigenvalue weighted by atomic mass is 31.3. The van der Waals surface area contributed by atoms with Crippen molar-refractivity contribution in [2.45, 2.75) is 6.61 Å². The maximum atomic E-state index is 6.29. The smallest absolute Gasteiger partial charge is 0.375 e. The molecule has 0 amide bonds. The van der Waals surface area contributed by atoms with Gasteiger partial charge in [-0.1, -0.05) is 30.3 Å². The minimum absolute atomic E-state index is 0.527. The van der Waals surface area contributed by atoms with Gasteiger partial charge in [0.2, 0.25) is 30.0 Å². The normalized spacial score (nSPS) is 14.3. The van der Waals surface area contributed by atoms with Crippen molar-refractivity contribution in [2.75, 3.05) is 175 Å². The molecule has 318 valence electrons. The molecular weight excluding hydrogens is 779 g/mol. The Balaban J connectivity index is 5.06. The Morgan fingerprint density at radius 1 is 0.407 bits per heavy atom. The molecule has 1 aromatic carbocycles. The molecule has 0 aliphatic rings. The number of hydrogen-bond donors (Lipinski definition) is 0. The van der Waals surface area contributed by atoms with Crippen LogP contribution in [0.2, 0.25) is 0 Å². The van der Waals surface area contributed by atoms with Gasteiger partial charge in [0.25, 0.3) is 0 Å². The Morgan fingerprint density at radius 3 is 0.926 bits per heavy atom. The molecule has 0 radical (unpaired) electrons. The van der Waals surface area contributed by atoms with E-state index in [1.165, 1.54) is 0 Å². The van der Waals surface area contributed by atoms with E-state index >= 15 is 0 Å². The fourth-order valence-electron chi connectivity index (χ4n) is 6.98. The molecule has 0 spiro atoms. The Labute approximate surface area is 333 Å². The average Bonchev–Trinajstić information content (AvgIpc) is 3.04. The van der Waals surface area contributed by atoms with Crippen LogP contribution in [0.3, 0.4) is 0 Å². The van der Waals surface area contributed by atoms with E-state index in [9.17, 15) is 0 Å². The molecule has 22 heteroatoms. The van der Waals surface area contributed by atoms with Gasteiger partial charge in [-0.15, -0.1) is 0 Å². The maximum absolute atomic E-state index is 6.29. The van der Waals surface area contributed by atoms with Crippen LogP contribution in [0, 0.1) is 0 Å². The lowest BCUT2D eigenvalue weighted by Gasteiger charge is -2.45. The summed E-state index contributed by atoms with van der Waals surface area (Å²) in [6.07, 6.45) is 0. The molecule has 0 unspecified atom stereocenters. The van der Waals surface area contributed by atoms with E-state index in [2.05, 4.69) is 230 Å². The molecule has 0 atom stereocenters. The summed E-state index contributed by atoms with van der Waals surface area (Å²) in [7, 11) is 34.3. The topological polar surface area (TPSA) is 97.5 Å². The highest BCUT2D eigenvalue weighted by Gasteiger charge is 2.57. The van der Waals surface area contributed by atoms with Crippen molar-refractivity contribution in [3.63, 3.8) is 0 Å². The van der Waals surface area contributed by atoms with Gasteiger partial charge in [0, 0.05) is 6.54 Å². The molecular formula is C32H80N16OP5+. The van der Waals surface area contributed by atoms with Crippen molar-refractivity contribution in [1.82, 2.24) is 56.0 Å². The van der Waals surface area contributed by atoms with Gasteiger partial charge < -0.3 is 4.74 Å². The predicted molar refractivity (Wildman–Crippen MR) is 244 cm³/mol.